The molecule has 0 bridgehead atoms. The van der Waals surface area contributed by atoms with Crippen LogP contribution in [0.1, 0.15) is 5.56 Å². The SMILES string of the molecule is COc1cccc(C#N)c1NC(=O)C(F)(F)C(F)(F)F. The van der Waals surface area contributed by atoms with Gasteiger partial charge in [-0.3, -0.25) is 4.79 Å². The zero-order valence-corrected chi connectivity index (χ0v) is 9.89. The van der Waals surface area contributed by atoms with Crippen LogP contribution in [0, 0.1) is 11.3 Å². The second kappa shape index (κ2) is 5.32. The van der Waals surface area contributed by atoms with Crippen LogP contribution >= 0.6 is 0 Å². The molecule has 1 aromatic rings. The second-order valence-corrected chi connectivity index (χ2v) is 3.52. The third-order valence-electron chi connectivity index (χ3n) is 2.25. The minimum atomic E-state index is -6.04. The Labute approximate surface area is 109 Å². The fraction of sp³-hybridized carbons (Fsp3) is 0.273. The van der Waals surface area contributed by atoms with Crippen LogP contribution in [-0.2, 0) is 4.79 Å². The molecule has 0 radical (unpaired) electrons. The molecule has 0 heterocycles. The van der Waals surface area contributed by atoms with Gasteiger partial charge in [-0.15, -0.1) is 0 Å². The number of rotatable bonds is 3. The van der Waals surface area contributed by atoms with E-state index in [4.69, 9.17) is 10.00 Å². The summed E-state index contributed by atoms with van der Waals surface area (Å²) in [6, 6.07) is 5.18. The van der Waals surface area contributed by atoms with E-state index in [0.717, 1.165) is 13.2 Å². The summed E-state index contributed by atoms with van der Waals surface area (Å²) < 4.78 is 66.5. The summed E-state index contributed by atoms with van der Waals surface area (Å²) in [6.07, 6.45) is -6.04. The first-order chi connectivity index (χ1) is 9.15. The van der Waals surface area contributed by atoms with Crippen LogP contribution in [0.4, 0.5) is 27.6 Å². The van der Waals surface area contributed by atoms with Crippen molar-refractivity contribution in [3.05, 3.63) is 23.8 Å². The minimum absolute atomic E-state index is 0.213. The van der Waals surface area contributed by atoms with Crippen molar-refractivity contribution in [1.82, 2.24) is 0 Å². The molecule has 0 saturated carbocycles. The van der Waals surface area contributed by atoms with Crippen molar-refractivity contribution < 1.29 is 31.5 Å². The predicted molar refractivity (Wildman–Crippen MR) is 57.3 cm³/mol. The summed E-state index contributed by atoms with van der Waals surface area (Å²) >= 11 is 0. The number of hydrogen-bond acceptors (Lipinski definition) is 3. The first kappa shape index (κ1) is 15.7. The highest BCUT2D eigenvalue weighted by molar-refractivity contribution is 5.99. The maximum absolute atomic E-state index is 12.8. The van der Waals surface area contributed by atoms with Crippen LogP contribution in [0.3, 0.4) is 0 Å². The molecule has 0 aromatic heterocycles. The Balaban J connectivity index is 3.18. The van der Waals surface area contributed by atoms with E-state index < -0.39 is 23.7 Å². The molecule has 0 fully saturated rings. The number of anilines is 1. The van der Waals surface area contributed by atoms with Gasteiger partial charge in [-0.1, -0.05) is 6.07 Å². The zero-order chi connectivity index (χ0) is 15.6. The third kappa shape index (κ3) is 2.79. The van der Waals surface area contributed by atoms with Gasteiger partial charge >= 0.3 is 18.0 Å². The lowest BCUT2D eigenvalue weighted by molar-refractivity contribution is -0.267. The number of carbonyl (C=O) groups excluding carboxylic acids is 1. The van der Waals surface area contributed by atoms with Gasteiger partial charge in [-0.05, 0) is 12.1 Å². The summed E-state index contributed by atoms with van der Waals surface area (Å²) in [7, 11) is 1.11. The molecule has 0 unspecified atom stereocenters. The Morgan fingerprint density at radius 1 is 1.30 bits per heavy atom. The van der Waals surface area contributed by atoms with Crippen molar-refractivity contribution in [2.45, 2.75) is 12.1 Å². The molecule has 0 aliphatic carbocycles. The number of nitrogens with one attached hydrogen (secondary N) is 1. The van der Waals surface area contributed by atoms with Crippen molar-refractivity contribution in [2.75, 3.05) is 12.4 Å². The van der Waals surface area contributed by atoms with Gasteiger partial charge in [-0.2, -0.15) is 27.2 Å². The highest BCUT2D eigenvalue weighted by Crippen LogP contribution is 2.37. The van der Waals surface area contributed by atoms with Crippen molar-refractivity contribution >= 4 is 11.6 Å². The van der Waals surface area contributed by atoms with Crippen LogP contribution in [0.25, 0.3) is 0 Å². The van der Waals surface area contributed by atoms with Gasteiger partial charge in [0.15, 0.2) is 0 Å². The number of halogens is 5. The zero-order valence-electron chi connectivity index (χ0n) is 9.89. The van der Waals surface area contributed by atoms with E-state index in [2.05, 4.69) is 0 Å². The topological polar surface area (TPSA) is 62.1 Å². The normalized spacial score (nSPS) is 11.7. The number of nitrogens with zero attached hydrogens (tertiary/aromatic N) is 1. The van der Waals surface area contributed by atoms with Gasteiger partial charge in [-0.25, -0.2) is 0 Å². The predicted octanol–water partition coefficient (Wildman–Crippen LogP) is 2.70. The molecule has 9 heteroatoms. The first-order valence-electron chi connectivity index (χ1n) is 4.98. The van der Waals surface area contributed by atoms with Crippen LogP contribution in [0.5, 0.6) is 5.75 Å². The lowest BCUT2D eigenvalue weighted by Gasteiger charge is -2.19. The van der Waals surface area contributed by atoms with Crippen molar-refractivity contribution in [3.8, 4) is 11.8 Å². The lowest BCUT2D eigenvalue weighted by atomic mass is 10.1. The average molecular weight is 294 g/mol. The fourth-order valence-corrected chi connectivity index (χ4v) is 1.24. The molecule has 0 spiro atoms. The van der Waals surface area contributed by atoms with E-state index >= 15 is 0 Å². The molecule has 0 saturated heterocycles. The molecule has 1 N–H and O–H groups in total. The van der Waals surface area contributed by atoms with Crippen LogP contribution < -0.4 is 10.1 Å². The second-order valence-electron chi connectivity index (χ2n) is 3.52. The largest absolute Gasteiger partial charge is 0.495 e. The number of nitriles is 1. The van der Waals surface area contributed by atoms with Crippen molar-refractivity contribution in [3.63, 3.8) is 0 Å². The molecular formula is C11H7F5N2O2. The number of carbonyl (C=O) groups is 1. The Morgan fingerprint density at radius 3 is 2.35 bits per heavy atom. The molecule has 0 aliphatic heterocycles. The molecule has 108 valence electrons. The van der Waals surface area contributed by atoms with E-state index in [-0.39, 0.29) is 11.3 Å². The van der Waals surface area contributed by atoms with Crippen LogP contribution in [-0.4, -0.2) is 25.1 Å². The molecular weight excluding hydrogens is 287 g/mol. The molecule has 1 aromatic carbocycles. The van der Waals surface area contributed by atoms with E-state index in [0.29, 0.717) is 0 Å². The molecule has 0 aliphatic rings. The first-order valence-corrected chi connectivity index (χ1v) is 4.98. The van der Waals surface area contributed by atoms with Crippen molar-refractivity contribution in [1.29, 1.82) is 5.26 Å². The fourth-order valence-electron chi connectivity index (χ4n) is 1.24. The minimum Gasteiger partial charge on any atom is -0.495 e. The Bertz CT molecular complexity index is 563. The number of benzene rings is 1. The number of hydrogen-bond donors (Lipinski definition) is 1. The number of para-hydroxylation sites is 1. The highest BCUT2D eigenvalue weighted by atomic mass is 19.4. The van der Waals surface area contributed by atoms with Crippen molar-refractivity contribution in [2.24, 2.45) is 0 Å². The summed E-state index contributed by atoms with van der Waals surface area (Å²) in [5.74, 6) is -8.39. The van der Waals surface area contributed by atoms with Gasteiger partial charge in [0.25, 0.3) is 0 Å². The average Bonchev–Trinajstić information content (AvgIpc) is 2.37. The Kier molecular flexibility index (Phi) is 4.17. The van der Waals surface area contributed by atoms with E-state index in [1.54, 1.807) is 6.07 Å². The number of ether oxygens (including phenoxy) is 1. The van der Waals surface area contributed by atoms with Gasteiger partial charge in [0.2, 0.25) is 0 Å². The lowest BCUT2D eigenvalue weighted by Crippen LogP contribution is -2.47. The van der Waals surface area contributed by atoms with E-state index in [9.17, 15) is 26.7 Å². The summed E-state index contributed by atoms with van der Waals surface area (Å²) in [6.45, 7) is 0. The maximum atomic E-state index is 12.8. The Morgan fingerprint density at radius 2 is 1.90 bits per heavy atom. The van der Waals surface area contributed by atoms with Gasteiger partial charge in [0, 0.05) is 0 Å². The van der Waals surface area contributed by atoms with E-state index in [1.165, 1.54) is 17.4 Å². The molecule has 1 amide bonds. The molecule has 20 heavy (non-hydrogen) atoms. The maximum Gasteiger partial charge on any atom is 0.463 e. The van der Waals surface area contributed by atoms with Gasteiger partial charge in [0.1, 0.15) is 17.5 Å². The van der Waals surface area contributed by atoms with Crippen LogP contribution in [0.15, 0.2) is 18.2 Å². The summed E-state index contributed by atoms with van der Waals surface area (Å²) in [4.78, 5) is 11.1. The summed E-state index contributed by atoms with van der Waals surface area (Å²) in [5, 5.41) is 10.1. The quantitative estimate of drug-likeness (QED) is 0.872. The third-order valence-corrected chi connectivity index (χ3v) is 2.25. The summed E-state index contributed by atoms with van der Waals surface area (Å²) in [5.41, 5.74) is -0.859. The van der Waals surface area contributed by atoms with Gasteiger partial charge < -0.3 is 10.1 Å². The smallest absolute Gasteiger partial charge is 0.463 e. The van der Waals surface area contributed by atoms with E-state index in [1.807, 2.05) is 0 Å². The molecule has 1 rings (SSSR count). The monoisotopic (exact) mass is 294 g/mol. The Hall–Kier alpha value is -2.37. The molecule has 4 nitrogen and oxygen atoms in total. The molecule has 0 atom stereocenters. The number of methoxy groups -OCH3 is 1. The number of alkyl halides is 5. The van der Waals surface area contributed by atoms with Gasteiger partial charge in [0.05, 0.1) is 12.7 Å². The standard InChI is InChI=1S/C11H7F5N2O2/c1-20-7-4-2-3-6(5-17)8(7)18-9(19)10(12,13)11(14,15)16/h2-4H,1H3,(H,18,19). The highest BCUT2D eigenvalue weighted by Gasteiger charge is 2.63. The number of amides is 1. The van der Waals surface area contributed by atoms with Crippen LogP contribution in [0.2, 0.25) is 0 Å².